The van der Waals surface area contributed by atoms with Gasteiger partial charge in [-0.3, -0.25) is 25.2 Å². The Morgan fingerprint density at radius 2 is 1.57 bits per heavy atom. The quantitative estimate of drug-likeness (QED) is 0.652. The van der Waals surface area contributed by atoms with E-state index in [0.29, 0.717) is 6.42 Å². The molecule has 1 saturated carbocycles. The number of carbonyl (C=O) groups excluding carboxylic acids is 3. The number of hydrazine groups is 1. The second-order valence-electron chi connectivity index (χ2n) is 7.20. The van der Waals surface area contributed by atoms with Gasteiger partial charge in [0.05, 0.1) is 0 Å². The molecule has 1 fully saturated rings. The van der Waals surface area contributed by atoms with Crippen LogP contribution in [-0.4, -0.2) is 23.8 Å². The predicted molar refractivity (Wildman–Crippen MR) is 89.1 cm³/mol. The average Bonchev–Trinajstić information content (AvgIpc) is 2.50. The predicted octanol–water partition coefficient (Wildman–Crippen LogP) is 1.90. The SMILES string of the molecule is CC(C)CC(=O)NNC(=O)[C@H](NC(=O)C1CCCCC1)C(C)C. The first kappa shape index (κ1) is 19.5. The van der Waals surface area contributed by atoms with Crippen molar-refractivity contribution in [1.82, 2.24) is 16.2 Å². The maximum Gasteiger partial charge on any atom is 0.261 e. The molecule has 1 aliphatic rings. The van der Waals surface area contributed by atoms with E-state index >= 15 is 0 Å². The monoisotopic (exact) mass is 325 g/mol. The molecule has 1 rings (SSSR count). The second-order valence-corrected chi connectivity index (χ2v) is 7.20. The van der Waals surface area contributed by atoms with Crippen molar-refractivity contribution in [3.8, 4) is 0 Å². The third-order valence-corrected chi connectivity index (χ3v) is 4.14. The maximum absolute atomic E-state index is 12.3. The van der Waals surface area contributed by atoms with E-state index < -0.39 is 6.04 Å². The molecule has 0 bridgehead atoms. The smallest absolute Gasteiger partial charge is 0.261 e. The minimum Gasteiger partial charge on any atom is -0.344 e. The van der Waals surface area contributed by atoms with Crippen LogP contribution < -0.4 is 16.2 Å². The highest BCUT2D eigenvalue weighted by molar-refractivity contribution is 5.90. The average molecular weight is 325 g/mol. The maximum atomic E-state index is 12.3. The van der Waals surface area contributed by atoms with Crippen molar-refractivity contribution in [1.29, 1.82) is 0 Å². The Labute approximate surface area is 139 Å². The zero-order chi connectivity index (χ0) is 17.4. The molecule has 1 atom stereocenters. The van der Waals surface area contributed by atoms with Gasteiger partial charge in [0.25, 0.3) is 5.91 Å². The highest BCUT2D eigenvalue weighted by Gasteiger charge is 2.28. The van der Waals surface area contributed by atoms with Gasteiger partial charge >= 0.3 is 0 Å². The van der Waals surface area contributed by atoms with Crippen LogP contribution in [0.2, 0.25) is 0 Å². The largest absolute Gasteiger partial charge is 0.344 e. The first-order valence-electron chi connectivity index (χ1n) is 8.70. The zero-order valence-electron chi connectivity index (χ0n) is 14.8. The van der Waals surface area contributed by atoms with Crippen molar-refractivity contribution in [3.05, 3.63) is 0 Å². The lowest BCUT2D eigenvalue weighted by molar-refractivity contribution is -0.134. The summed E-state index contributed by atoms with van der Waals surface area (Å²) in [5.41, 5.74) is 4.84. The van der Waals surface area contributed by atoms with Gasteiger partial charge in [-0.15, -0.1) is 0 Å². The van der Waals surface area contributed by atoms with Crippen molar-refractivity contribution < 1.29 is 14.4 Å². The third kappa shape index (κ3) is 7.01. The summed E-state index contributed by atoms with van der Waals surface area (Å²) in [6.07, 6.45) is 5.46. The number of carbonyl (C=O) groups is 3. The minimum absolute atomic E-state index is 0.00771. The van der Waals surface area contributed by atoms with Crippen LogP contribution in [0.3, 0.4) is 0 Å². The van der Waals surface area contributed by atoms with Crippen molar-refractivity contribution in [2.45, 2.75) is 72.3 Å². The lowest BCUT2D eigenvalue weighted by Crippen LogP contribution is -2.55. The molecular formula is C17H31N3O3. The Bertz CT molecular complexity index is 415. The van der Waals surface area contributed by atoms with Crippen molar-refractivity contribution in [3.63, 3.8) is 0 Å². The van der Waals surface area contributed by atoms with Gasteiger partial charge in [-0.2, -0.15) is 0 Å². The van der Waals surface area contributed by atoms with Crippen LogP contribution in [0.4, 0.5) is 0 Å². The van der Waals surface area contributed by atoms with E-state index in [2.05, 4.69) is 16.2 Å². The van der Waals surface area contributed by atoms with Gasteiger partial charge in [0, 0.05) is 12.3 Å². The van der Waals surface area contributed by atoms with E-state index in [-0.39, 0.29) is 35.5 Å². The molecule has 3 N–H and O–H groups in total. The Hall–Kier alpha value is -1.59. The Kier molecular flexibility index (Phi) is 8.06. The molecule has 0 spiro atoms. The number of rotatable bonds is 6. The standard InChI is InChI=1S/C17H31N3O3/c1-11(2)10-14(21)19-20-17(23)15(12(3)4)18-16(22)13-8-6-5-7-9-13/h11-13,15H,5-10H2,1-4H3,(H,18,22)(H,19,21)(H,20,23)/t15-/m1/s1. The summed E-state index contributed by atoms with van der Waals surface area (Å²) in [5.74, 6) is -0.473. The molecule has 0 heterocycles. The molecular weight excluding hydrogens is 294 g/mol. The van der Waals surface area contributed by atoms with Gasteiger partial charge in [-0.1, -0.05) is 47.0 Å². The molecule has 0 saturated heterocycles. The molecule has 0 aliphatic heterocycles. The fourth-order valence-corrected chi connectivity index (χ4v) is 2.80. The summed E-state index contributed by atoms with van der Waals surface area (Å²) in [6.45, 7) is 7.62. The Morgan fingerprint density at radius 1 is 0.957 bits per heavy atom. The second kappa shape index (κ2) is 9.53. The van der Waals surface area contributed by atoms with Crippen LogP contribution in [0, 0.1) is 17.8 Å². The molecule has 3 amide bonds. The first-order chi connectivity index (χ1) is 10.8. The van der Waals surface area contributed by atoms with Crippen molar-refractivity contribution in [2.24, 2.45) is 17.8 Å². The molecule has 0 aromatic rings. The number of hydrogen-bond acceptors (Lipinski definition) is 3. The van der Waals surface area contributed by atoms with Crippen LogP contribution in [0.5, 0.6) is 0 Å². The highest BCUT2D eigenvalue weighted by Crippen LogP contribution is 2.24. The van der Waals surface area contributed by atoms with E-state index in [9.17, 15) is 14.4 Å². The fraction of sp³-hybridized carbons (Fsp3) is 0.824. The minimum atomic E-state index is -0.635. The Balaban J connectivity index is 2.50. The number of amides is 3. The van der Waals surface area contributed by atoms with Gasteiger partial charge in [0.2, 0.25) is 11.8 Å². The summed E-state index contributed by atoms with van der Waals surface area (Å²) >= 11 is 0. The van der Waals surface area contributed by atoms with E-state index in [1.165, 1.54) is 6.42 Å². The summed E-state index contributed by atoms with van der Waals surface area (Å²) in [4.78, 5) is 36.2. The van der Waals surface area contributed by atoms with Crippen LogP contribution >= 0.6 is 0 Å². The third-order valence-electron chi connectivity index (χ3n) is 4.14. The Morgan fingerprint density at radius 3 is 2.09 bits per heavy atom. The van der Waals surface area contributed by atoms with Crippen molar-refractivity contribution in [2.75, 3.05) is 0 Å². The summed E-state index contributed by atoms with van der Waals surface area (Å²) in [7, 11) is 0. The summed E-state index contributed by atoms with van der Waals surface area (Å²) < 4.78 is 0. The number of nitrogens with one attached hydrogen (secondary N) is 3. The van der Waals surface area contributed by atoms with Gasteiger partial charge in [0.15, 0.2) is 0 Å². The van der Waals surface area contributed by atoms with Gasteiger partial charge < -0.3 is 5.32 Å². The molecule has 0 aromatic carbocycles. The zero-order valence-corrected chi connectivity index (χ0v) is 14.8. The summed E-state index contributed by atoms with van der Waals surface area (Å²) in [5, 5.41) is 2.85. The molecule has 0 aromatic heterocycles. The van der Waals surface area contributed by atoms with Crippen LogP contribution in [0.1, 0.15) is 66.2 Å². The van der Waals surface area contributed by atoms with E-state index in [0.717, 1.165) is 25.7 Å². The topological polar surface area (TPSA) is 87.3 Å². The van der Waals surface area contributed by atoms with E-state index in [4.69, 9.17) is 0 Å². The van der Waals surface area contributed by atoms with Gasteiger partial charge in [-0.25, -0.2) is 0 Å². The summed E-state index contributed by atoms with van der Waals surface area (Å²) in [6, 6.07) is -0.635. The van der Waals surface area contributed by atoms with Crippen LogP contribution in [0.25, 0.3) is 0 Å². The van der Waals surface area contributed by atoms with E-state index in [1.807, 2.05) is 27.7 Å². The normalized spacial score (nSPS) is 17.0. The first-order valence-corrected chi connectivity index (χ1v) is 8.70. The van der Waals surface area contributed by atoms with Crippen molar-refractivity contribution >= 4 is 17.7 Å². The highest BCUT2D eigenvalue weighted by atomic mass is 16.2. The number of hydrogen-bond donors (Lipinski definition) is 3. The molecule has 6 heteroatoms. The van der Waals surface area contributed by atoms with Gasteiger partial charge in [0.1, 0.15) is 6.04 Å². The molecule has 1 aliphatic carbocycles. The van der Waals surface area contributed by atoms with Gasteiger partial charge in [-0.05, 0) is 24.7 Å². The lowest BCUT2D eigenvalue weighted by Gasteiger charge is -2.26. The lowest BCUT2D eigenvalue weighted by atomic mass is 9.88. The van der Waals surface area contributed by atoms with Crippen LogP contribution in [-0.2, 0) is 14.4 Å². The molecule has 0 unspecified atom stereocenters. The van der Waals surface area contributed by atoms with E-state index in [1.54, 1.807) is 0 Å². The molecule has 6 nitrogen and oxygen atoms in total. The molecule has 0 radical (unpaired) electrons. The van der Waals surface area contributed by atoms with Crippen LogP contribution in [0.15, 0.2) is 0 Å². The fourth-order valence-electron chi connectivity index (χ4n) is 2.80. The molecule has 132 valence electrons. The molecule has 23 heavy (non-hydrogen) atoms.